The zero-order chi connectivity index (χ0) is 24.4. The van der Waals surface area contributed by atoms with E-state index in [1.165, 1.54) is 24.0 Å². The van der Waals surface area contributed by atoms with Crippen LogP contribution in [0.2, 0.25) is 5.02 Å². The third-order valence-electron chi connectivity index (χ3n) is 6.02. The summed E-state index contributed by atoms with van der Waals surface area (Å²) in [5.41, 5.74) is 7.16. The number of hydrogen-bond donors (Lipinski definition) is 2. The smallest absolute Gasteiger partial charge is 0.397 e. The minimum atomic E-state index is -4.69. The lowest BCUT2D eigenvalue weighted by molar-refractivity contribution is -0.141. The van der Waals surface area contributed by atoms with Crippen LogP contribution in [0.5, 0.6) is 0 Å². The van der Waals surface area contributed by atoms with Crippen LogP contribution in [0.3, 0.4) is 0 Å². The van der Waals surface area contributed by atoms with Crippen LogP contribution in [0.25, 0.3) is 10.9 Å². The SMILES string of the molecule is Cc1ccc(C2c3[nH]c4c(N)cc(Cl)cc4c3CCN2c2nccc(C(F)(F)F)n2)c(F)c1F. The molecule has 1 unspecified atom stereocenters. The molecule has 0 amide bonds. The molecule has 1 atom stereocenters. The lowest BCUT2D eigenvalue weighted by Crippen LogP contribution is -2.38. The first-order chi connectivity index (χ1) is 16.1. The number of benzene rings is 2. The van der Waals surface area contributed by atoms with Crippen LogP contribution >= 0.6 is 11.6 Å². The highest BCUT2D eigenvalue weighted by Gasteiger charge is 2.38. The van der Waals surface area contributed by atoms with Crippen LogP contribution < -0.4 is 10.6 Å². The van der Waals surface area contributed by atoms with E-state index >= 15 is 4.39 Å². The van der Waals surface area contributed by atoms with E-state index in [1.807, 2.05) is 0 Å². The van der Waals surface area contributed by atoms with Gasteiger partial charge in [-0.15, -0.1) is 0 Å². The van der Waals surface area contributed by atoms with Crippen LogP contribution in [-0.4, -0.2) is 21.5 Å². The molecule has 1 aliphatic rings. The van der Waals surface area contributed by atoms with E-state index < -0.39 is 29.5 Å². The maximum atomic E-state index is 15.2. The van der Waals surface area contributed by atoms with Gasteiger partial charge in [0.2, 0.25) is 5.95 Å². The third kappa shape index (κ3) is 3.53. The Labute approximate surface area is 195 Å². The molecule has 34 heavy (non-hydrogen) atoms. The Hall–Kier alpha value is -3.40. The van der Waals surface area contributed by atoms with Crippen LogP contribution in [0.15, 0.2) is 36.5 Å². The van der Waals surface area contributed by atoms with Gasteiger partial charge in [-0.1, -0.05) is 23.7 Å². The number of aromatic nitrogens is 3. The maximum Gasteiger partial charge on any atom is 0.433 e. The zero-order valence-corrected chi connectivity index (χ0v) is 18.4. The van der Waals surface area contributed by atoms with Gasteiger partial charge >= 0.3 is 6.18 Å². The number of nitrogen functional groups attached to an aromatic ring is 1. The Balaban J connectivity index is 1.76. The van der Waals surface area contributed by atoms with E-state index in [9.17, 15) is 17.6 Å². The van der Waals surface area contributed by atoms with Gasteiger partial charge in [-0.3, -0.25) is 0 Å². The highest BCUT2D eigenvalue weighted by atomic mass is 35.5. The lowest BCUT2D eigenvalue weighted by Gasteiger charge is -2.36. The first-order valence-electron chi connectivity index (χ1n) is 10.3. The van der Waals surface area contributed by atoms with Gasteiger partial charge in [0.1, 0.15) is 11.7 Å². The quantitative estimate of drug-likeness (QED) is 0.267. The lowest BCUT2D eigenvalue weighted by atomic mass is 9.91. The fraction of sp³-hybridized carbons (Fsp3) is 0.217. The summed E-state index contributed by atoms with van der Waals surface area (Å²) in [7, 11) is 0. The number of aryl methyl sites for hydroxylation is 1. The standard InChI is InChI=1S/C23H17ClF5N5/c1-10-2-3-13(18(26)17(10)25)21-20-12(14-8-11(24)9-15(30)19(14)33-20)5-7-34(21)22-31-6-4-16(32-22)23(27,28)29/h2-4,6,8-9,21,33H,5,7,30H2,1H3. The molecule has 1 aliphatic heterocycles. The largest absolute Gasteiger partial charge is 0.433 e. The van der Waals surface area contributed by atoms with Crippen molar-refractivity contribution in [3.8, 4) is 0 Å². The van der Waals surface area contributed by atoms with Gasteiger partial charge in [0.15, 0.2) is 11.6 Å². The van der Waals surface area contributed by atoms with Gasteiger partial charge < -0.3 is 15.6 Å². The molecule has 0 saturated heterocycles. The molecule has 0 radical (unpaired) electrons. The number of hydrogen-bond acceptors (Lipinski definition) is 4. The molecule has 5 nitrogen and oxygen atoms in total. The molecular weight excluding hydrogens is 477 g/mol. The molecule has 0 bridgehead atoms. The van der Waals surface area contributed by atoms with Crippen LogP contribution in [-0.2, 0) is 12.6 Å². The topological polar surface area (TPSA) is 70.8 Å². The predicted molar refractivity (Wildman–Crippen MR) is 119 cm³/mol. The maximum absolute atomic E-state index is 15.2. The molecule has 3 N–H and O–H groups in total. The van der Waals surface area contributed by atoms with Crippen molar-refractivity contribution in [1.29, 1.82) is 0 Å². The number of rotatable bonds is 2. The van der Waals surface area contributed by atoms with Gasteiger partial charge in [-0.05, 0) is 42.7 Å². The summed E-state index contributed by atoms with van der Waals surface area (Å²) in [4.78, 5) is 12.3. The Kier molecular flexibility index (Phi) is 5.16. The molecule has 2 aromatic carbocycles. The molecule has 5 rings (SSSR count). The van der Waals surface area contributed by atoms with Crippen LogP contribution in [0, 0.1) is 18.6 Å². The van der Waals surface area contributed by atoms with Gasteiger partial charge in [-0.2, -0.15) is 13.2 Å². The molecule has 2 aromatic heterocycles. The fourth-order valence-electron chi connectivity index (χ4n) is 4.44. The number of halogens is 6. The second-order valence-corrected chi connectivity index (χ2v) is 8.56. The molecule has 0 spiro atoms. The summed E-state index contributed by atoms with van der Waals surface area (Å²) in [5.74, 6) is -2.39. The summed E-state index contributed by atoms with van der Waals surface area (Å²) < 4.78 is 69.8. The number of nitrogens with two attached hydrogens (primary N) is 1. The van der Waals surface area contributed by atoms with Crippen molar-refractivity contribution < 1.29 is 22.0 Å². The number of fused-ring (bicyclic) bond motifs is 3. The number of nitrogens with one attached hydrogen (secondary N) is 1. The monoisotopic (exact) mass is 493 g/mol. The molecular formula is C23H17ClF5N5. The van der Waals surface area contributed by atoms with E-state index in [1.54, 1.807) is 12.1 Å². The van der Waals surface area contributed by atoms with Gasteiger partial charge in [-0.25, -0.2) is 18.7 Å². The molecule has 4 aromatic rings. The van der Waals surface area contributed by atoms with Crippen molar-refractivity contribution in [1.82, 2.24) is 15.0 Å². The number of nitrogens with zero attached hydrogens (tertiary/aromatic N) is 3. The van der Waals surface area contributed by atoms with Crippen LogP contribution in [0.4, 0.5) is 33.6 Å². The van der Waals surface area contributed by atoms with Crippen LogP contribution in [0.1, 0.15) is 34.1 Å². The number of H-pyrrole nitrogens is 1. The van der Waals surface area contributed by atoms with Crippen molar-refractivity contribution in [3.63, 3.8) is 0 Å². The zero-order valence-electron chi connectivity index (χ0n) is 17.6. The second kappa shape index (κ2) is 7.83. The van der Waals surface area contributed by atoms with Crippen molar-refractivity contribution in [2.24, 2.45) is 0 Å². The summed E-state index contributed by atoms with van der Waals surface area (Å²) in [6.45, 7) is 1.57. The fourth-order valence-corrected chi connectivity index (χ4v) is 4.66. The van der Waals surface area contributed by atoms with Crippen molar-refractivity contribution in [3.05, 3.63) is 81.3 Å². The molecule has 0 aliphatic carbocycles. The average Bonchev–Trinajstić information content (AvgIpc) is 3.16. The normalized spacial score (nSPS) is 16.2. The summed E-state index contributed by atoms with van der Waals surface area (Å²) >= 11 is 6.18. The first kappa shape index (κ1) is 22.4. The number of aromatic amines is 1. The predicted octanol–water partition coefficient (Wildman–Crippen LogP) is 5.95. The molecule has 0 fully saturated rings. The van der Waals surface area contributed by atoms with Crippen molar-refractivity contribution in [2.45, 2.75) is 25.6 Å². The summed E-state index contributed by atoms with van der Waals surface area (Å²) in [6, 6.07) is 5.82. The molecule has 3 heterocycles. The van der Waals surface area contributed by atoms with E-state index in [0.717, 1.165) is 17.8 Å². The number of anilines is 2. The first-order valence-corrected chi connectivity index (χ1v) is 10.6. The molecule has 176 valence electrons. The highest BCUT2D eigenvalue weighted by molar-refractivity contribution is 6.32. The van der Waals surface area contributed by atoms with Gasteiger partial charge in [0, 0.05) is 34.4 Å². The molecule has 11 heteroatoms. The van der Waals surface area contributed by atoms with E-state index in [4.69, 9.17) is 17.3 Å². The Morgan fingerprint density at radius 1 is 1.15 bits per heavy atom. The second-order valence-electron chi connectivity index (χ2n) is 8.12. The Morgan fingerprint density at radius 3 is 2.65 bits per heavy atom. The van der Waals surface area contributed by atoms with E-state index in [0.29, 0.717) is 33.7 Å². The number of alkyl halides is 3. The van der Waals surface area contributed by atoms with Crippen molar-refractivity contribution >= 4 is 34.1 Å². The molecule has 0 saturated carbocycles. The Bertz CT molecular complexity index is 1430. The summed E-state index contributed by atoms with van der Waals surface area (Å²) in [5, 5.41) is 1.11. The minimum absolute atomic E-state index is 0.0683. The van der Waals surface area contributed by atoms with E-state index in [-0.39, 0.29) is 23.6 Å². The third-order valence-corrected chi connectivity index (χ3v) is 6.24. The summed E-state index contributed by atoms with van der Waals surface area (Å²) in [6.07, 6.45) is -3.34. The minimum Gasteiger partial charge on any atom is -0.397 e. The van der Waals surface area contributed by atoms with E-state index in [2.05, 4.69) is 15.0 Å². The Morgan fingerprint density at radius 2 is 1.91 bits per heavy atom. The average molecular weight is 494 g/mol. The van der Waals surface area contributed by atoms with Gasteiger partial charge in [0.05, 0.1) is 11.2 Å². The highest BCUT2D eigenvalue weighted by Crippen LogP contribution is 2.43. The van der Waals surface area contributed by atoms with Crippen molar-refractivity contribution in [2.75, 3.05) is 17.2 Å². The van der Waals surface area contributed by atoms with Gasteiger partial charge in [0.25, 0.3) is 0 Å².